The van der Waals surface area contributed by atoms with E-state index in [0.29, 0.717) is 5.56 Å². The van der Waals surface area contributed by atoms with E-state index in [9.17, 15) is 9.59 Å². The summed E-state index contributed by atoms with van der Waals surface area (Å²) >= 11 is 0. The van der Waals surface area contributed by atoms with Crippen molar-refractivity contribution in [1.29, 1.82) is 0 Å². The summed E-state index contributed by atoms with van der Waals surface area (Å²) in [7, 11) is 0. The van der Waals surface area contributed by atoms with E-state index in [4.69, 9.17) is 9.47 Å². The molecule has 0 spiro atoms. The minimum Gasteiger partial charge on any atom is -0.463 e. The van der Waals surface area contributed by atoms with Gasteiger partial charge in [0.05, 0.1) is 17.7 Å². The van der Waals surface area contributed by atoms with Gasteiger partial charge in [0.2, 0.25) is 0 Å². The summed E-state index contributed by atoms with van der Waals surface area (Å²) in [5, 5.41) is 0.980. The molecule has 0 radical (unpaired) electrons. The molecular weight excluding hydrogens is 258 g/mol. The van der Waals surface area contributed by atoms with Crippen molar-refractivity contribution in [2.24, 2.45) is 0 Å². The molecule has 1 aromatic carbocycles. The highest BCUT2D eigenvalue weighted by Gasteiger charge is 2.16. The molecule has 0 bridgehead atoms. The Morgan fingerprint density at radius 3 is 2.65 bits per heavy atom. The van der Waals surface area contributed by atoms with E-state index in [1.54, 1.807) is 19.1 Å². The van der Waals surface area contributed by atoms with Crippen LogP contribution in [0.3, 0.4) is 0 Å². The third-order valence-electron chi connectivity index (χ3n) is 3.19. The summed E-state index contributed by atoms with van der Waals surface area (Å²) in [5.74, 6) is -1.09. The number of rotatable bonds is 4. The van der Waals surface area contributed by atoms with Gasteiger partial charge in [-0.15, -0.1) is 0 Å². The van der Waals surface area contributed by atoms with E-state index >= 15 is 0 Å². The summed E-state index contributed by atoms with van der Waals surface area (Å²) in [5.41, 5.74) is 3.25. The zero-order valence-corrected chi connectivity index (χ0v) is 11.8. The van der Waals surface area contributed by atoms with Gasteiger partial charge in [-0.1, -0.05) is 12.1 Å². The van der Waals surface area contributed by atoms with Crippen LogP contribution in [0.25, 0.3) is 10.9 Å². The molecule has 20 heavy (non-hydrogen) atoms. The van der Waals surface area contributed by atoms with Gasteiger partial charge in [-0.25, -0.2) is 9.59 Å². The van der Waals surface area contributed by atoms with Crippen LogP contribution in [0.5, 0.6) is 0 Å². The lowest BCUT2D eigenvalue weighted by Crippen LogP contribution is -2.16. The van der Waals surface area contributed by atoms with Crippen LogP contribution in [0.4, 0.5) is 0 Å². The fraction of sp³-hybridized carbons (Fsp3) is 0.333. The standard InChI is InChI=1S/C15H17NO4/c1-4-19-13(17)8-20-15(18)12-7-5-6-11-9(2)10(3)16-14(11)12/h5-7,16H,4,8H2,1-3H3. The first-order valence-corrected chi connectivity index (χ1v) is 6.45. The molecule has 0 unspecified atom stereocenters. The minimum absolute atomic E-state index is 0.265. The summed E-state index contributed by atoms with van der Waals surface area (Å²) in [6, 6.07) is 5.41. The largest absolute Gasteiger partial charge is 0.463 e. The maximum Gasteiger partial charge on any atom is 0.344 e. The zero-order valence-electron chi connectivity index (χ0n) is 11.8. The molecule has 0 amide bonds. The molecule has 0 atom stereocenters. The van der Waals surface area contributed by atoms with Crippen LogP contribution in [0.15, 0.2) is 18.2 Å². The van der Waals surface area contributed by atoms with Crippen LogP contribution in [-0.2, 0) is 14.3 Å². The summed E-state index contributed by atoms with van der Waals surface area (Å²) in [4.78, 5) is 26.4. The molecule has 0 aliphatic heterocycles. The molecule has 0 aliphatic rings. The smallest absolute Gasteiger partial charge is 0.344 e. The first kappa shape index (κ1) is 14.1. The first-order valence-electron chi connectivity index (χ1n) is 6.45. The van der Waals surface area contributed by atoms with Crippen LogP contribution in [0.2, 0.25) is 0 Å². The number of aromatic amines is 1. The highest BCUT2D eigenvalue weighted by molar-refractivity contribution is 6.04. The molecule has 5 heteroatoms. The van der Waals surface area contributed by atoms with Crippen LogP contribution in [0, 0.1) is 13.8 Å². The van der Waals surface area contributed by atoms with E-state index in [1.807, 2.05) is 19.9 Å². The number of carbonyl (C=O) groups excluding carboxylic acids is 2. The number of aryl methyl sites for hydroxylation is 2. The van der Waals surface area contributed by atoms with Crippen LogP contribution < -0.4 is 0 Å². The molecule has 0 saturated carbocycles. The fourth-order valence-electron chi connectivity index (χ4n) is 2.06. The lowest BCUT2D eigenvalue weighted by molar-refractivity contribution is -0.146. The van der Waals surface area contributed by atoms with Gasteiger partial charge in [-0.05, 0) is 32.4 Å². The molecule has 0 fully saturated rings. The predicted molar refractivity (Wildman–Crippen MR) is 74.7 cm³/mol. The first-order chi connectivity index (χ1) is 9.54. The lowest BCUT2D eigenvalue weighted by Gasteiger charge is -2.05. The second-order valence-corrected chi connectivity index (χ2v) is 4.48. The summed E-state index contributed by atoms with van der Waals surface area (Å²) < 4.78 is 9.68. The van der Waals surface area contributed by atoms with Crippen molar-refractivity contribution >= 4 is 22.8 Å². The molecule has 5 nitrogen and oxygen atoms in total. The van der Waals surface area contributed by atoms with E-state index in [0.717, 1.165) is 22.2 Å². The number of fused-ring (bicyclic) bond motifs is 1. The van der Waals surface area contributed by atoms with Crippen molar-refractivity contribution in [2.45, 2.75) is 20.8 Å². The molecule has 1 heterocycles. The predicted octanol–water partition coefficient (Wildman–Crippen LogP) is 2.50. The maximum absolute atomic E-state index is 12.0. The molecule has 0 aliphatic carbocycles. The van der Waals surface area contributed by atoms with Crippen molar-refractivity contribution in [3.8, 4) is 0 Å². The Hall–Kier alpha value is -2.30. The van der Waals surface area contributed by atoms with Crippen molar-refractivity contribution in [3.63, 3.8) is 0 Å². The quantitative estimate of drug-likeness (QED) is 0.870. The van der Waals surface area contributed by atoms with E-state index in [1.165, 1.54) is 0 Å². The molecule has 1 N–H and O–H groups in total. The van der Waals surface area contributed by atoms with Crippen LogP contribution in [-0.4, -0.2) is 30.1 Å². The van der Waals surface area contributed by atoms with Gasteiger partial charge in [-0.2, -0.15) is 0 Å². The van der Waals surface area contributed by atoms with Gasteiger partial charge in [0.1, 0.15) is 0 Å². The molecule has 0 saturated heterocycles. The number of nitrogens with one attached hydrogen (secondary N) is 1. The number of esters is 2. The number of aromatic nitrogens is 1. The van der Waals surface area contributed by atoms with Gasteiger partial charge in [-0.3, -0.25) is 0 Å². The van der Waals surface area contributed by atoms with Crippen molar-refractivity contribution in [2.75, 3.05) is 13.2 Å². The molecule has 2 aromatic rings. The number of carbonyl (C=O) groups is 2. The molecular formula is C15H17NO4. The van der Waals surface area contributed by atoms with Gasteiger partial charge in [0, 0.05) is 11.1 Å². The van der Waals surface area contributed by atoms with Crippen LogP contribution in [0.1, 0.15) is 28.5 Å². The third kappa shape index (κ3) is 2.66. The minimum atomic E-state index is -0.549. The SMILES string of the molecule is CCOC(=O)COC(=O)c1cccc2c(C)c(C)[nH]c12. The Bertz CT molecular complexity index is 657. The monoisotopic (exact) mass is 275 g/mol. The zero-order chi connectivity index (χ0) is 14.7. The van der Waals surface area contributed by atoms with Crippen molar-refractivity contribution in [1.82, 2.24) is 4.98 Å². The highest BCUT2D eigenvalue weighted by atomic mass is 16.6. The maximum atomic E-state index is 12.0. The summed E-state index contributed by atoms with van der Waals surface area (Å²) in [6.45, 7) is 5.53. The number of ether oxygens (including phenoxy) is 2. The Morgan fingerprint density at radius 1 is 1.20 bits per heavy atom. The van der Waals surface area contributed by atoms with Gasteiger partial charge >= 0.3 is 11.9 Å². The van der Waals surface area contributed by atoms with Gasteiger partial charge in [0.15, 0.2) is 6.61 Å². The molecule has 106 valence electrons. The van der Waals surface area contributed by atoms with Crippen LogP contribution >= 0.6 is 0 Å². The number of hydrogen-bond donors (Lipinski definition) is 1. The van der Waals surface area contributed by atoms with E-state index in [-0.39, 0.29) is 13.2 Å². The number of benzene rings is 1. The average molecular weight is 275 g/mol. The second-order valence-electron chi connectivity index (χ2n) is 4.48. The fourth-order valence-corrected chi connectivity index (χ4v) is 2.06. The Kier molecular flexibility index (Phi) is 4.08. The van der Waals surface area contributed by atoms with Gasteiger partial charge in [0.25, 0.3) is 0 Å². The normalized spacial score (nSPS) is 10.6. The third-order valence-corrected chi connectivity index (χ3v) is 3.19. The van der Waals surface area contributed by atoms with Gasteiger partial charge < -0.3 is 14.5 Å². The molecule has 1 aromatic heterocycles. The second kappa shape index (κ2) is 5.77. The molecule has 2 rings (SSSR count). The number of H-pyrrole nitrogens is 1. The number of hydrogen-bond acceptors (Lipinski definition) is 4. The highest BCUT2D eigenvalue weighted by Crippen LogP contribution is 2.24. The average Bonchev–Trinajstić information content (AvgIpc) is 2.72. The topological polar surface area (TPSA) is 68.4 Å². The van der Waals surface area contributed by atoms with E-state index < -0.39 is 11.9 Å². The van der Waals surface area contributed by atoms with Crippen molar-refractivity contribution < 1.29 is 19.1 Å². The Labute approximate surface area is 116 Å². The van der Waals surface area contributed by atoms with E-state index in [2.05, 4.69) is 4.98 Å². The van der Waals surface area contributed by atoms with Crippen molar-refractivity contribution in [3.05, 3.63) is 35.0 Å². The lowest BCUT2D eigenvalue weighted by atomic mass is 10.1. The Balaban J connectivity index is 2.22. The Morgan fingerprint density at radius 2 is 1.95 bits per heavy atom. The number of para-hydroxylation sites is 1. The summed E-state index contributed by atoms with van der Waals surface area (Å²) in [6.07, 6.45) is 0.